The van der Waals surface area contributed by atoms with Gasteiger partial charge in [-0.2, -0.15) is 0 Å². The van der Waals surface area contributed by atoms with Gasteiger partial charge in [-0.3, -0.25) is 0 Å². The zero-order valence-electron chi connectivity index (χ0n) is 4.98. The van der Waals surface area contributed by atoms with Crippen molar-refractivity contribution in [2.24, 2.45) is 5.92 Å². The molecule has 0 bridgehead atoms. The topological polar surface area (TPSA) is 0 Å². The van der Waals surface area contributed by atoms with Gasteiger partial charge in [0.15, 0.2) is 0 Å². The lowest BCUT2D eigenvalue weighted by Crippen LogP contribution is -1.97. The van der Waals surface area contributed by atoms with Crippen LogP contribution >= 0.6 is 35.6 Å². The number of thiocarbonyl (C=S) groups is 1. The Balaban J connectivity index is 3.33. The SMILES string of the molecule is CC(C)C(=S)SCCl. The second-order valence-electron chi connectivity index (χ2n) is 1.73. The molecule has 8 heavy (non-hydrogen) atoms. The van der Waals surface area contributed by atoms with Crippen LogP contribution in [0, 0.1) is 5.92 Å². The molecule has 0 atom stereocenters. The molecule has 0 radical (unpaired) electrons. The Morgan fingerprint density at radius 3 is 2.38 bits per heavy atom. The molecule has 0 aliphatic heterocycles. The van der Waals surface area contributed by atoms with Gasteiger partial charge in [-0.25, -0.2) is 0 Å². The first-order chi connectivity index (χ1) is 3.68. The molecule has 0 aliphatic rings. The zero-order valence-corrected chi connectivity index (χ0v) is 7.37. The van der Waals surface area contributed by atoms with E-state index < -0.39 is 0 Å². The first-order valence-electron chi connectivity index (χ1n) is 2.41. The summed E-state index contributed by atoms with van der Waals surface area (Å²) in [6.45, 7) is 4.14. The summed E-state index contributed by atoms with van der Waals surface area (Å²) in [6, 6.07) is 0. The lowest BCUT2D eigenvalue weighted by Gasteiger charge is -2.01. The van der Waals surface area contributed by atoms with E-state index in [0.29, 0.717) is 11.1 Å². The molecule has 0 unspecified atom stereocenters. The van der Waals surface area contributed by atoms with Gasteiger partial charge in [0, 0.05) is 0 Å². The highest BCUT2D eigenvalue weighted by molar-refractivity contribution is 8.23. The summed E-state index contributed by atoms with van der Waals surface area (Å²) in [5.74, 6) is 0.480. The number of thioether (sulfide) groups is 1. The van der Waals surface area contributed by atoms with Crippen molar-refractivity contribution in [3.05, 3.63) is 0 Å². The maximum absolute atomic E-state index is 5.42. The van der Waals surface area contributed by atoms with Crippen molar-refractivity contribution in [2.75, 3.05) is 5.21 Å². The average molecular weight is 169 g/mol. The Morgan fingerprint density at radius 1 is 1.75 bits per heavy atom. The van der Waals surface area contributed by atoms with Crippen LogP contribution < -0.4 is 0 Å². The van der Waals surface area contributed by atoms with E-state index in [4.69, 9.17) is 23.8 Å². The Labute approximate surface area is 65.0 Å². The molecule has 0 nitrogen and oxygen atoms in total. The van der Waals surface area contributed by atoms with Crippen LogP contribution in [0.4, 0.5) is 0 Å². The van der Waals surface area contributed by atoms with Gasteiger partial charge in [0.25, 0.3) is 0 Å². The number of hydrogen-bond donors (Lipinski definition) is 0. The van der Waals surface area contributed by atoms with Gasteiger partial charge in [-0.1, -0.05) is 26.1 Å². The highest BCUT2D eigenvalue weighted by Gasteiger charge is 1.99. The zero-order chi connectivity index (χ0) is 6.57. The molecule has 0 amide bonds. The lowest BCUT2D eigenvalue weighted by molar-refractivity contribution is 0.915. The third kappa shape index (κ3) is 3.70. The fourth-order valence-electron chi connectivity index (χ4n) is 0.220. The summed E-state index contributed by atoms with van der Waals surface area (Å²) < 4.78 is 1.00. The van der Waals surface area contributed by atoms with Crippen molar-refractivity contribution in [2.45, 2.75) is 13.8 Å². The van der Waals surface area contributed by atoms with E-state index in [-0.39, 0.29) is 0 Å². The molecule has 0 spiro atoms. The van der Waals surface area contributed by atoms with Crippen LogP contribution in [-0.4, -0.2) is 9.41 Å². The minimum absolute atomic E-state index is 0.480. The summed E-state index contributed by atoms with van der Waals surface area (Å²) >= 11 is 11.9. The minimum atomic E-state index is 0.480. The van der Waals surface area contributed by atoms with E-state index in [2.05, 4.69) is 13.8 Å². The lowest BCUT2D eigenvalue weighted by atomic mass is 10.3. The van der Waals surface area contributed by atoms with Crippen LogP contribution in [0.25, 0.3) is 0 Å². The van der Waals surface area contributed by atoms with E-state index in [1.54, 1.807) is 0 Å². The molecule has 0 aromatic heterocycles. The van der Waals surface area contributed by atoms with Gasteiger partial charge in [0.2, 0.25) is 0 Å². The van der Waals surface area contributed by atoms with Crippen molar-refractivity contribution in [3.8, 4) is 0 Å². The molecule has 0 aromatic carbocycles. The normalized spacial score (nSPS) is 10.0. The van der Waals surface area contributed by atoms with Crippen molar-refractivity contribution >= 4 is 39.8 Å². The monoisotopic (exact) mass is 168 g/mol. The quantitative estimate of drug-likeness (QED) is 0.460. The summed E-state index contributed by atoms with van der Waals surface area (Å²) in [7, 11) is 0. The Kier molecular flexibility index (Phi) is 5.01. The van der Waals surface area contributed by atoms with Gasteiger partial charge in [-0.15, -0.1) is 23.4 Å². The Hall–Kier alpha value is 0.730. The van der Waals surface area contributed by atoms with Gasteiger partial charge in [-0.05, 0) is 5.92 Å². The molecular weight excluding hydrogens is 160 g/mol. The third-order valence-electron chi connectivity index (χ3n) is 0.668. The molecule has 3 heteroatoms. The van der Waals surface area contributed by atoms with E-state index in [1.165, 1.54) is 11.8 Å². The molecule has 0 fully saturated rings. The number of rotatable bonds is 2. The van der Waals surface area contributed by atoms with Crippen molar-refractivity contribution in [1.82, 2.24) is 0 Å². The molecule has 0 aliphatic carbocycles. The van der Waals surface area contributed by atoms with E-state index >= 15 is 0 Å². The molecule has 0 heterocycles. The van der Waals surface area contributed by atoms with Crippen LogP contribution in [0.5, 0.6) is 0 Å². The van der Waals surface area contributed by atoms with Gasteiger partial charge in [0.1, 0.15) is 0 Å². The standard InChI is InChI=1S/C5H9ClS2/c1-4(2)5(7)8-3-6/h4H,3H2,1-2H3. The molecule has 48 valence electrons. The third-order valence-corrected chi connectivity index (χ3v) is 2.69. The summed E-state index contributed by atoms with van der Waals surface area (Å²) in [5, 5.41) is 0.580. The predicted molar refractivity (Wildman–Crippen MR) is 45.7 cm³/mol. The van der Waals surface area contributed by atoms with E-state index in [1.807, 2.05) is 0 Å². The molecule has 0 rings (SSSR count). The first kappa shape index (κ1) is 8.73. The van der Waals surface area contributed by atoms with Crippen LogP contribution in [-0.2, 0) is 0 Å². The predicted octanol–water partition coefficient (Wildman–Crippen LogP) is 2.90. The van der Waals surface area contributed by atoms with Crippen LogP contribution in [0.1, 0.15) is 13.8 Å². The summed E-state index contributed by atoms with van der Waals surface area (Å²) in [6.07, 6.45) is 0. The minimum Gasteiger partial charge on any atom is -0.114 e. The summed E-state index contributed by atoms with van der Waals surface area (Å²) in [4.78, 5) is 0. The Morgan fingerprint density at radius 2 is 2.25 bits per heavy atom. The van der Waals surface area contributed by atoms with Crippen molar-refractivity contribution < 1.29 is 0 Å². The van der Waals surface area contributed by atoms with Crippen molar-refractivity contribution in [1.29, 1.82) is 0 Å². The number of alkyl halides is 1. The summed E-state index contributed by atoms with van der Waals surface area (Å²) in [5.41, 5.74) is 0. The fraction of sp³-hybridized carbons (Fsp3) is 0.800. The largest absolute Gasteiger partial charge is 0.114 e. The van der Waals surface area contributed by atoms with Gasteiger partial charge < -0.3 is 0 Å². The average Bonchev–Trinajstić information content (AvgIpc) is 1.67. The van der Waals surface area contributed by atoms with Crippen LogP contribution in [0.2, 0.25) is 0 Å². The number of hydrogen-bond acceptors (Lipinski definition) is 2. The maximum atomic E-state index is 5.42. The highest BCUT2D eigenvalue weighted by atomic mass is 35.5. The molecule has 0 aromatic rings. The molecule has 0 saturated heterocycles. The van der Waals surface area contributed by atoms with Crippen LogP contribution in [0.3, 0.4) is 0 Å². The second kappa shape index (κ2) is 4.59. The van der Waals surface area contributed by atoms with Crippen molar-refractivity contribution in [3.63, 3.8) is 0 Å². The maximum Gasteiger partial charge on any atom is 0.0732 e. The van der Waals surface area contributed by atoms with Crippen LogP contribution in [0.15, 0.2) is 0 Å². The van der Waals surface area contributed by atoms with E-state index in [0.717, 1.165) is 4.20 Å². The van der Waals surface area contributed by atoms with Gasteiger partial charge in [0.05, 0.1) is 9.41 Å². The molecule has 0 saturated carbocycles. The molecule has 0 N–H and O–H groups in total. The highest BCUT2D eigenvalue weighted by Crippen LogP contribution is 2.13. The second-order valence-corrected chi connectivity index (χ2v) is 4.03. The fourth-order valence-corrected chi connectivity index (χ4v) is 1.38. The number of halogens is 1. The Bertz CT molecular complexity index is 80.5. The van der Waals surface area contributed by atoms with Gasteiger partial charge >= 0.3 is 0 Å². The van der Waals surface area contributed by atoms with E-state index in [9.17, 15) is 0 Å². The first-order valence-corrected chi connectivity index (χ1v) is 4.34. The molecular formula is C5H9ClS2. The smallest absolute Gasteiger partial charge is 0.0732 e.